The number of nitrogens with one attached hydrogen (secondary N) is 1. The average Bonchev–Trinajstić information content (AvgIpc) is 3.76. The van der Waals surface area contributed by atoms with E-state index < -0.39 is 5.82 Å². The molecule has 0 atom stereocenters. The molecule has 0 unspecified atom stereocenters. The number of benzene rings is 1. The number of anilines is 3. The Hall–Kier alpha value is -5.02. The topological polar surface area (TPSA) is 135 Å². The largest absolute Gasteiger partial charge is 0.455 e. The zero-order chi connectivity index (χ0) is 29.3. The van der Waals surface area contributed by atoms with Crippen LogP contribution in [0.4, 0.5) is 27.5 Å². The number of carbonyl (C=O) groups is 1. The number of rotatable bonds is 6. The average molecular weight is 586 g/mol. The smallest absolute Gasteiger partial charge is 0.299 e. The quantitative estimate of drug-likeness (QED) is 0.189. The number of nitrogens with two attached hydrogens (primary N) is 1. The molecule has 13 heteroatoms. The first-order chi connectivity index (χ1) is 20.4. The van der Waals surface area contributed by atoms with Gasteiger partial charge in [0.1, 0.15) is 34.2 Å². The summed E-state index contributed by atoms with van der Waals surface area (Å²) in [5, 5.41) is 2.79. The summed E-state index contributed by atoms with van der Waals surface area (Å²) >= 11 is 6.35. The third-order valence-electron chi connectivity index (χ3n) is 7.20. The van der Waals surface area contributed by atoms with E-state index in [1.165, 1.54) is 18.6 Å². The van der Waals surface area contributed by atoms with E-state index in [4.69, 9.17) is 27.1 Å². The molecule has 0 radical (unpaired) electrons. The zero-order valence-electron chi connectivity index (χ0n) is 22.5. The molecule has 2 aliphatic rings. The van der Waals surface area contributed by atoms with Gasteiger partial charge >= 0.3 is 0 Å². The number of aliphatic imine (C=N–C) groups is 1. The molecule has 0 bridgehead atoms. The fourth-order valence-corrected chi connectivity index (χ4v) is 5.21. The second-order valence-corrected chi connectivity index (χ2v) is 10.2. The molecule has 1 aliphatic heterocycles. The number of amides is 1. The van der Waals surface area contributed by atoms with Gasteiger partial charge in [-0.1, -0.05) is 17.5 Å². The van der Waals surface area contributed by atoms with Crippen LogP contribution in [0.3, 0.4) is 0 Å². The number of pyridine rings is 2. The SMILES string of the molecule is CC#CC(=O)N1CCN(c2ccc3ncnc(Nc4ccc(Oc5ccnc(N=CN)c5)c(Cl)c4F)c3n2)CC12CC2. The summed E-state index contributed by atoms with van der Waals surface area (Å²) in [7, 11) is 0. The Bertz CT molecular complexity index is 1780. The molecule has 1 aliphatic carbocycles. The Balaban J connectivity index is 1.24. The number of hydrogen-bond acceptors (Lipinski definition) is 9. The van der Waals surface area contributed by atoms with Crippen molar-refractivity contribution >= 4 is 58.0 Å². The predicted molar refractivity (Wildman–Crippen MR) is 158 cm³/mol. The summed E-state index contributed by atoms with van der Waals surface area (Å²) in [5.74, 6) is 6.36. The molecule has 1 aromatic carbocycles. The number of nitrogens with zero attached hydrogens (tertiary/aromatic N) is 7. The van der Waals surface area contributed by atoms with Crippen LogP contribution in [0.15, 0.2) is 53.9 Å². The normalized spacial score (nSPS) is 15.5. The summed E-state index contributed by atoms with van der Waals surface area (Å²) < 4.78 is 21.2. The minimum Gasteiger partial charge on any atom is -0.455 e. The van der Waals surface area contributed by atoms with Crippen LogP contribution in [0, 0.1) is 17.7 Å². The van der Waals surface area contributed by atoms with Crippen LogP contribution in [0.2, 0.25) is 5.02 Å². The van der Waals surface area contributed by atoms with Crippen LogP contribution in [-0.2, 0) is 4.79 Å². The molecular formula is C29H25ClFN9O2. The van der Waals surface area contributed by atoms with Crippen molar-refractivity contribution in [2.75, 3.05) is 29.9 Å². The van der Waals surface area contributed by atoms with Crippen LogP contribution >= 0.6 is 11.6 Å². The number of carbonyl (C=O) groups excluding carboxylic acids is 1. The van der Waals surface area contributed by atoms with Gasteiger partial charge in [-0.25, -0.2) is 29.3 Å². The highest BCUT2D eigenvalue weighted by molar-refractivity contribution is 6.32. The van der Waals surface area contributed by atoms with Crippen LogP contribution in [-0.4, -0.2) is 62.3 Å². The molecule has 212 valence electrons. The van der Waals surface area contributed by atoms with E-state index in [1.54, 1.807) is 25.1 Å². The summed E-state index contributed by atoms with van der Waals surface area (Å²) in [6.45, 7) is 3.49. The van der Waals surface area contributed by atoms with Gasteiger partial charge in [0.05, 0.1) is 23.1 Å². The van der Waals surface area contributed by atoms with Crippen LogP contribution in [0.5, 0.6) is 11.5 Å². The van der Waals surface area contributed by atoms with Gasteiger partial charge in [-0.3, -0.25) is 4.79 Å². The van der Waals surface area contributed by atoms with Gasteiger partial charge < -0.3 is 25.6 Å². The minimum absolute atomic E-state index is 0.0868. The Labute approximate surface area is 245 Å². The predicted octanol–water partition coefficient (Wildman–Crippen LogP) is 4.57. The monoisotopic (exact) mass is 585 g/mol. The molecule has 42 heavy (non-hydrogen) atoms. The van der Waals surface area contributed by atoms with Crippen LogP contribution < -0.4 is 20.7 Å². The Morgan fingerprint density at radius 3 is 2.86 bits per heavy atom. The highest BCUT2D eigenvalue weighted by Gasteiger charge is 2.53. The molecule has 11 nitrogen and oxygen atoms in total. The van der Waals surface area contributed by atoms with Gasteiger partial charge in [0.2, 0.25) is 0 Å². The summed E-state index contributed by atoms with van der Waals surface area (Å²) in [4.78, 5) is 38.0. The number of halogens is 2. The van der Waals surface area contributed by atoms with Gasteiger partial charge in [-0.05, 0) is 56.0 Å². The molecule has 3 aromatic heterocycles. The van der Waals surface area contributed by atoms with Crippen molar-refractivity contribution in [3.8, 4) is 23.3 Å². The lowest BCUT2D eigenvalue weighted by atomic mass is 10.1. The van der Waals surface area contributed by atoms with E-state index in [1.807, 2.05) is 17.0 Å². The second-order valence-electron chi connectivity index (χ2n) is 9.83. The lowest BCUT2D eigenvalue weighted by molar-refractivity contribution is -0.128. The zero-order valence-corrected chi connectivity index (χ0v) is 23.3. The van der Waals surface area contributed by atoms with Crippen molar-refractivity contribution in [2.45, 2.75) is 25.3 Å². The van der Waals surface area contributed by atoms with Crippen LogP contribution in [0.1, 0.15) is 19.8 Å². The second kappa shape index (κ2) is 11.1. The lowest BCUT2D eigenvalue weighted by Gasteiger charge is -2.41. The van der Waals surface area contributed by atoms with Gasteiger partial charge in [0.15, 0.2) is 17.5 Å². The number of ether oxygens (including phenoxy) is 1. The molecule has 1 spiro atoms. The first-order valence-electron chi connectivity index (χ1n) is 13.1. The van der Waals surface area contributed by atoms with Gasteiger partial charge in [0.25, 0.3) is 5.91 Å². The number of hydrogen-bond donors (Lipinski definition) is 2. The van der Waals surface area contributed by atoms with Crippen molar-refractivity contribution in [3.05, 3.63) is 59.8 Å². The fraction of sp³-hybridized carbons (Fsp3) is 0.241. The van der Waals surface area contributed by atoms with E-state index >= 15 is 4.39 Å². The molecule has 1 saturated heterocycles. The molecule has 1 saturated carbocycles. The highest BCUT2D eigenvalue weighted by Crippen LogP contribution is 2.45. The third-order valence-corrected chi connectivity index (χ3v) is 7.55. The Morgan fingerprint density at radius 1 is 1.21 bits per heavy atom. The van der Waals surface area contributed by atoms with Crippen molar-refractivity contribution in [1.29, 1.82) is 0 Å². The van der Waals surface area contributed by atoms with Crippen molar-refractivity contribution < 1.29 is 13.9 Å². The van der Waals surface area contributed by atoms with Crippen molar-refractivity contribution in [1.82, 2.24) is 24.8 Å². The molecule has 3 N–H and O–H groups in total. The van der Waals surface area contributed by atoms with Gasteiger partial charge in [-0.15, -0.1) is 0 Å². The lowest BCUT2D eigenvalue weighted by Crippen LogP contribution is -2.57. The summed E-state index contributed by atoms with van der Waals surface area (Å²) in [5.41, 5.74) is 6.25. The molecule has 2 fully saturated rings. The standard InChI is InChI=1S/C29H25ClFN9O2/c1-2-3-24(41)40-13-12-39(15-29(40)9-10-29)23-7-5-20-27(38-23)28(36-17-35-20)37-19-4-6-21(25(30)26(19)31)42-18-8-11-33-22(14-18)34-16-32/h4-8,11,14,16-17H,9-10,12-13,15H2,1H3,(H2,32,33,34)(H,35,36,37). The van der Waals surface area contributed by atoms with E-state index in [-0.39, 0.29) is 27.9 Å². The molecule has 6 rings (SSSR count). The Morgan fingerprint density at radius 2 is 2.07 bits per heavy atom. The maximum atomic E-state index is 15.4. The Kier molecular flexibility index (Phi) is 7.18. The molecule has 4 aromatic rings. The maximum Gasteiger partial charge on any atom is 0.299 e. The fourth-order valence-electron chi connectivity index (χ4n) is 5.01. The molecule has 4 heterocycles. The van der Waals surface area contributed by atoms with Gasteiger partial charge in [-0.2, -0.15) is 0 Å². The summed E-state index contributed by atoms with van der Waals surface area (Å²) in [6.07, 6.45) is 5.84. The molecular weight excluding hydrogens is 561 g/mol. The van der Waals surface area contributed by atoms with Gasteiger partial charge in [0, 0.05) is 31.9 Å². The number of fused-ring (bicyclic) bond motifs is 1. The molecule has 1 amide bonds. The third kappa shape index (κ3) is 5.22. The minimum atomic E-state index is -0.724. The van der Waals surface area contributed by atoms with Crippen molar-refractivity contribution in [2.24, 2.45) is 10.7 Å². The first-order valence-corrected chi connectivity index (χ1v) is 13.5. The summed E-state index contributed by atoms with van der Waals surface area (Å²) in [6, 6.07) is 9.92. The van der Waals surface area contributed by atoms with E-state index in [9.17, 15) is 4.79 Å². The van der Waals surface area contributed by atoms with E-state index in [0.29, 0.717) is 48.1 Å². The highest BCUT2D eigenvalue weighted by atomic mass is 35.5. The number of piperazine rings is 1. The van der Waals surface area contributed by atoms with Crippen molar-refractivity contribution in [3.63, 3.8) is 0 Å². The van der Waals surface area contributed by atoms with Crippen LogP contribution in [0.25, 0.3) is 11.0 Å². The van der Waals surface area contributed by atoms with E-state index in [2.05, 4.69) is 42.0 Å². The van der Waals surface area contributed by atoms with E-state index in [0.717, 1.165) is 25.0 Å². The maximum absolute atomic E-state index is 15.4. The number of aromatic nitrogens is 4. The first kappa shape index (κ1) is 27.2.